The van der Waals surface area contributed by atoms with Crippen LogP contribution in [0, 0.1) is 0 Å². The SMILES string of the molecule is O=C(O)CCN1CC2(CC2)c2cc(C(F)(F)F)ccc2C1=O. The molecule has 0 aromatic heterocycles. The number of hydrogen-bond donors (Lipinski definition) is 1. The Morgan fingerprint density at radius 2 is 2.00 bits per heavy atom. The number of carbonyl (C=O) groups excluding carboxylic acids is 1. The number of benzene rings is 1. The fraction of sp³-hybridized carbons (Fsp3) is 0.467. The number of aliphatic carboxylic acids is 1. The third kappa shape index (κ3) is 2.44. The summed E-state index contributed by atoms with van der Waals surface area (Å²) in [5, 5.41) is 8.73. The van der Waals surface area contributed by atoms with Gasteiger partial charge in [-0.3, -0.25) is 9.59 Å². The minimum Gasteiger partial charge on any atom is -0.481 e. The number of hydrogen-bond acceptors (Lipinski definition) is 2. The van der Waals surface area contributed by atoms with Crippen molar-refractivity contribution in [2.45, 2.75) is 30.9 Å². The van der Waals surface area contributed by atoms with Crippen LogP contribution in [0.15, 0.2) is 18.2 Å². The Morgan fingerprint density at radius 3 is 2.55 bits per heavy atom. The summed E-state index contributed by atoms with van der Waals surface area (Å²) < 4.78 is 38.6. The van der Waals surface area contributed by atoms with Crippen LogP contribution < -0.4 is 0 Å². The highest BCUT2D eigenvalue weighted by atomic mass is 19.4. The van der Waals surface area contributed by atoms with Gasteiger partial charge in [0.2, 0.25) is 0 Å². The highest BCUT2D eigenvalue weighted by molar-refractivity contribution is 5.98. The molecule has 1 fully saturated rings. The lowest BCUT2D eigenvalue weighted by Crippen LogP contribution is -2.44. The number of carbonyl (C=O) groups is 2. The van der Waals surface area contributed by atoms with Gasteiger partial charge < -0.3 is 10.0 Å². The van der Waals surface area contributed by atoms with E-state index in [1.807, 2.05) is 0 Å². The first-order chi connectivity index (χ1) is 10.2. The molecule has 0 saturated heterocycles. The second-order valence-electron chi connectivity index (χ2n) is 5.91. The Labute approximate surface area is 124 Å². The molecule has 22 heavy (non-hydrogen) atoms. The average molecular weight is 313 g/mol. The van der Waals surface area contributed by atoms with Crippen molar-refractivity contribution >= 4 is 11.9 Å². The maximum atomic E-state index is 12.9. The van der Waals surface area contributed by atoms with Gasteiger partial charge in [0, 0.05) is 24.1 Å². The van der Waals surface area contributed by atoms with Gasteiger partial charge in [0.25, 0.3) is 5.91 Å². The first kappa shape index (κ1) is 14.9. The summed E-state index contributed by atoms with van der Waals surface area (Å²) in [6, 6.07) is 3.20. The van der Waals surface area contributed by atoms with Crippen molar-refractivity contribution in [3.63, 3.8) is 0 Å². The quantitative estimate of drug-likeness (QED) is 0.933. The maximum absolute atomic E-state index is 12.9. The zero-order valence-corrected chi connectivity index (χ0v) is 11.6. The molecular formula is C15H14F3NO3. The second-order valence-corrected chi connectivity index (χ2v) is 5.91. The Balaban J connectivity index is 1.96. The largest absolute Gasteiger partial charge is 0.481 e. The summed E-state index contributed by atoms with van der Waals surface area (Å²) in [5.74, 6) is -1.39. The monoisotopic (exact) mass is 313 g/mol. The molecule has 0 bridgehead atoms. The van der Waals surface area contributed by atoms with E-state index in [4.69, 9.17) is 5.11 Å². The average Bonchev–Trinajstić information content (AvgIpc) is 3.20. The lowest BCUT2D eigenvalue weighted by atomic mass is 9.85. The first-order valence-electron chi connectivity index (χ1n) is 6.96. The van der Waals surface area contributed by atoms with E-state index in [2.05, 4.69) is 0 Å². The van der Waals surface area contributed by atoms with Gasteiger partial charge in [-0.2, -0.15) is 13.2 Å². The smallest absolute Gasteiger partial charge is 0.416 e. The first-order valence-corrected chi connectivity index (χ1v) is 6.96. The van der Waals surface area contributed by atoms with E-state index < -0.39 is 23.1 Å². The molecule has 1 saturated carbocycles. The number of amides is 1. The van der Waals surface area contributed by atoms with Gasteiger partial charge in [-0.25, -0.2) is 0 Å². The molecule has 1 aromatic carbocycles. The number of carboxylic acids is 1. The van der Waals surface area contributed by atoms with Crippen LogP contribution in [0.4, 0.5) is 13.2 Å². The highest BCUT2D eigenvalue weighted by Gasteiger charge is 2.52. The molecule has 1 spiro atoms. The zero-order valence-electron chi connectivity index (χ0n) is 11.6. The van der Waals surface area contributed by atoms with Gasteiger partial charge in [0.15, 0.2) is 0 Å². The molecule has 2 aliphatic rings. The van der Waals surface area contributed by atoms with E-state index in [0.717, 1.165) is 25.0 Å². The number of rotatable bonds is 3. The van der Waals surface area contributed by atoms with Crippen LogP contribution in [0.1, 0.15) is 40.7 Å². The van der Waals surface area contributed by atoms with Crippen LogP contribution in [-0.4, -0.2) is 35.0 Å². The minimum absolute atomic E-state index is 0.0797. The van der Waals surface area contributed by atoms with Gasteiger partial charge in [0.05, 0.1) is 12.0 Å². The lowest BCUT2D eigenvalue weighted by Gasteiger charge is -2.35. The summed E-state index contributed by atoms with van der Waals surface area (Å²) in [6.07, 6.45) is -3.16. The minimum atomic E-state index is -4.44. The van der Waals surface area contributed by atoms with Crippen LogP contribution in [-0.2, 0) is 16.4 Å². The molecule has 1 aliphatic carbocycles. The van der Waals surface area contributed by atoms with Crippen LogP contribution in [0.3, 0.4) is 0 Å². The predicted molar refractivity (Wildman–Crippen MR) is 70.5 cm³/mol. The molecule has 0 unspecified atom stereocenters. The lowest BCUT2D eigenvalue weighted by molar-refractivity contribution is -0.138. The molecule has 118 valence electrons. The summed E-state index contributed by atoms with van der Waals surface area (Å²) in [5.41, 5.74) is -0.450. The Hall–Kier alpha value is -2.05. The number of nitrogens with zero attached hydrogens (tertiary/aromatic N) is 1. The van der Waals surface area contributed by atoms with Crippen LogP contribution in [0.2, 0.25) is 0 Å². The molecular weight excluding hydrogens is 299 g/mol. The normalized spacial score (nSPS) is 19.2. The Kier molecular flexibility index (Phi) is 3.19. The number of alkyl halides is 3. The molecule has 0 radical (unpaired) electrons. The molecule has 4 nitrogen and oxygen atoms in total. The van der Waals surface area contributed by atoms with Gasteiger partial charge in [-0.15, -0.1) is 0 Å². The Bertz CT molecular complexity index is 650. The van der Waals surface area contributed by atoms with Gasteiger partial charge in [-0.05, 0) is 36.6 Å². The van der Waals surface area contributed by atoms with E-state index >= 15 is 0 Å². The van der Waals surface area contributed by atoms with Crippen molar-refractivity contribution in [2.75, 3.05) is 13.1 Å². The molecule has 3 rings (SSSR count). The van der Waals surface area contributed by atoms with Gasteiger partial charge in [0.1, 0.15) is 0 Å². The summed E-state index contributed by atoms with van der Waals surface area (Å²) in [4.78, 5) is 24.5. The van der Waals surface area contributed by atoms with E-state index in [-0.39, 0.29) is 24.4 Å². The molecule has 0 atom stereocenters. The Morgan fingerprint density at radius 1 is 1.32 bits per heavy atom. The van der Waals surface area contributed by atoms with Crippen molar-refractivity contribution in [3.05, 3.63) is 34.9 Å². The van der Waals surface area contributed by atoms with Crippen LogP contribution in [0.25, 0.3) is 0 Å². The molecule has 7 heteroatoms. The van der Waals surface area contributed by atoms with Crippen molar-refractivity contribution in [1.82, 2.24) is 4.90 Å². The standard InChI is InChI=1S/C15H14F3NO3/c16-15(17,18)9-1-2-10-11(7-9)14(4-5-14)8-19(13(10)22)6-3-12(20)21/h1-2,7H,3-6,8H2,(H,20,21). The van der Waals surface area contributed by atoms with Crippen LogP contribution in [0.5, 0.6) is 0 Å². The topological polar surface area (TPSA) is 57.6 Å². The molecule has 1 amide bonds. The number of halogens is 3. The number of fused-ring (bicyclic) bond motifs is 2. The highest BCUT2D eigenvalue weighted by Crippen LogP contribution is 2.53. The second kappa shape index (κ2) is 4.72. The third-order valence-electron chi connectivity index (χ3n) is 4.38. The predicted octanol–water partition coefficient (Wildman–Crippen LogP) is 2.67. The summed E-state index contributed by atoms with van der Waals surface area (Å²) in [7, 11) is 0. The molecule has 1 aliphatic heterocycles. The van der Waals surface area contributed by atoms with Gasteiger partial charge in [-0.1, -0.05) is 0 Å². The molecule has 1 aromatic rings. The fourth-order valence-electron chi connectivity index (χ4n) is 3.03. The van der Waals surface area contributed by atoms with Crippen molar-refractivity contribution < 1.29 is 27.9 Å². The molecule has 1 heterocycles. The van der Waals surface area contributed by atoms with Crippen LogP contribution >= 0.6 is 0 Å². The fourth-order valence-corrected chi connectivity index (χ4v) is 3.03. The summed E-state index contributed by atoms with van der Waals surface area (Å²) >= 11 is 0. The van der Waals surface area contributed by atoms with Gasteiger partial charge >= 0.3 is 12.1 Å². The maximum Gasteiger partial charge on any atom is 0.416 e. The van der Waals surface area contributed by atoms with Crippen molar-refractivity contribution in [2.24, 2.45) is 0 Å². The van der Waals surface area contributed by atoms with Crippen molar-refractivity contribution in [1.29, 1.82) is 0 Å². The van der Waals surface area contributed by atoms with E-state index in [9.17, 15) is 22.8 Å². The number of carboxylic acid groups (broad SMARTS) is 1. The van der Waals surface area contributed by atoms with Crippen molar-refractivity contribution in [3.8, 4) is 0 Å². The third-order valence-corrected chi connectivity index (χ3v) is 4.38. The zero-order chi connectivity index (χ0) is 16.1. The van der Waals surface area contributed by atoms with E-state index in [1.165, 1.54) is 11.0 Å². The van der Waals surface area contributed by atoms with E-state index in [1.54, 1.807) is 0 Å². The molecule has 1 N–H and O–H groups in total. The van der Waals surface area contributed by atoms with E-state index in [0.29, 0.717) is 12.1 Å². The summed E-state index contributed by atoms with van der Waals surface area (Å²) in [6.45, 7) is 0.379.